The van der Waals surface area contributed by atoms with E-state index in [1.165, 1.54) is 0 Å². The smallest absolute Gasteiger partial charge is 0.222 e. The van der Waals surface area contributed by atoms with Gasteiger partial charge in [-0.25, -0.2) is 0 Å². The van der Waals surface area contributed by atoms with Gasteiger partial charge in [0.15, 0.2) is 0 Å². The second-order valence-corrected chi connectivity index (χ2v) is 6.72. The van der Waals surface area contributed by atoms with Crippen LogP contribution in [-0.4, -0.2) is 77.6 Å². The summed E-state index contributed by atoms with van der Waals surface area (Å²) in [6.45, 7) is 9.27. The van der Waals surface area contributed by atoms with E-state index in [0.717, 1.165) is 25.7 Å². The molecule has 1 amide bonds. The van der Waals surface area contributed by atoms with Gasteiger partial charge in [0.05, 0.1) is 46.2 Å². The minimum Gasteiger partial charge on any atom is -0.379 e. The summed E-state index contributed by atoms with van der Waals surface area (Å²) in [5, 5.41) is 2.88. The molecular weight excluding hydrogens is 376 g/mol. The highest BCUT2D eigenvalue weighted by Crippen LogP contribution is 2.14. The predicted molar refractivity (Wildman–Crippen MR) is 113 cm³/mol. The number of ether oxygens (including phenoxy) is 4. The molecule has 0 aliphatic carbocycles. The Morgan fingerprint density at radius 2 is 1.41 bits per heavy atom. The fraction of sp³-hybridized carbons (Fsp3) is 0.905. The third-order valence-electron chi connectivity index (χ3n) is 4.41. The van der Waals surface area contributed by atoms with Crippen molar-refractivity contribution in [1.82, 2.24) is 5.32 Å². The minimum atomic E-state index is -0.0169. The molecule has 172 valence electrons. The van der Waals surface area contributed by atoms with Crippen molar-refractivity contribution in [2.45, 2.75) is 52.4 Å². The molecule has 0 rings (SSSR count). The van der Waals surface area contributed by atoms with E-state index in [4.69, 9.17) is 24.7 Å². The van der Waals surface area contributed by atoms with Gasteiger partial charge in [-0.2, -0.15) is 0 Å². The highest BCUT2D eigenvalue weighted by Gasteiger charge is 2.15. The molecule has 8 nitrogen and oxygen atoms in total. The Morgan fingerprint density at radius 3 is 1.97 bits per heavy atom. The van der Waals surface area contributed by atoms with Gasteiger partial charge < -0.3 is 30.0 Å². The van der Waals surface area contributed by atoms with Crippen LogP contribution in [0.3, 0.4) is 0 Å². The van der Waals surface area contributed by atoms with E-state index in [-0.39, 0.29) is 17.6 Å². The second-order valence-electron chi connectivity index (χ2n) is 6.72. The molecule has 0 aromatic rings. The molecule has 0 aromatic carbocycles. The number of carbonyl (C=O) groups is 2. The monoisotopic (exact) mass is 418 g/mol. The average molecular weight is 419 g/mol. The zero-order chi connectivity index (χ0) is 21.6. The third kappa shape index (κ3) is 18.7. The number of Topliss-reactive ketones (excluding diaryl/α,β-unsaturated/α-hetero) is 1. The third-order valence-corrected chi connectivity index (χ3v) is 4.41. The Balaban J connectivity index is 3.41. The highest BCUT2D eigenvalue weighted by atomic mass is 16.6. The van der Waals surface area contributed by atoms with E-state index in [9.17, 15) is 9.59 Å². The van der Waals surface area contributed by atoms with Crippen molar-refractivity contribution in [2.24, 2.45) is 11.7 Å². The Hall–Kier alpha value is -1.06. The highest BCUT2D eigenvalue weighted by molar-refractivity contribution is 5.80. The van der Waals surface area contributed by atoms with Crippen LogP contribution >= 0.6 is 0 Å². The Bertz CT molecular complexity index is 395. The average Bonchev–Trinajstić information content (AvgIpc) is 2.72. The molecule has 1 atom stereocenters. The van der Waals surface area contributed by atoms with Gasteiger partial charge >= 0.3 is 0 Å². The van der Waals surface area contributed by atoms with Crippen molar-refractivity contribution in [1.29, 1.82) is 0 Å². The quantitative estimate of drug-likeness (QED) is 0.258. The molecule has 0 fully saturated rings. The fourth-order valence-electron chi connectivity index (χ4n) is 2.76. The van der Waals surface area contributed by atoms with Crippen LogP contribution in [0.4, 0.5) is 0 Å². The molecular formula is C21H42N2O6. The molecule has 3 N–H and O–H groups in total. The van der Waals surface area contributed by atoms with Gasteiger partial charge in [-0.05, 0) is 32.7 Å². The first kappa shape index (κ1) is 27.9. The summed E-state index contributed by atoms with van der Waals surface area (Å²) in [4.78, 5) is 23.6. The van der Waals surface area contributed by atoms with Crippen molar-refractivity contribution in [3.63, 3.8) is 0 Å². The molecule has 0 unspecified atom stereocenters. The molecule has 8 heteroatoms. The van der Waals surface area contributed by atoms with E-state index in [1.54, 1.807) is 0 Å². The normalized spacial score (nSPS) is 12.1. The molecule has 0 radical (unpaired) electrons. The maximum Gasteiger partial charge on any atom is 0.222 e. The largest absolute Gasteiger partial charge is 0.379 e. The lowest BCUT2D eigenvalue weighted by Gasteiger charge is -2.13. The Labute approximate surface area is 176 Å². The molecule has 0 aliphatic heterocycles. The summed E-state index contributed by atoms with van der Waals surface area (Å²) >= 11 is 0. The van der Waals surface area contributed by atoms with E-state index in [0.29, 0.717) is 78.8 Å². The predicted octanol–water partition coefficient (Wildman–Crippen LogP) is 1.69. The molecule has 29 heavy (non-hydrogen) atoms. The number of hydrogen-bond acceptors (Lipinski definition) is 7. The summed E-state index contributed by atoms with van der Waals surface area (Å²) in [6, 6.07) is 0. The van der Waals surface area contributed by atoms with Crippen LogP contribution in [0.15, 0.2) is 0 Å². The van der Waals surface area contributed by atoms with E-state index in [2.05, 4.69) is 5.32 Å². The lowest BCUT2D eigenvalue weighted by Crippen LogP contribution is -2.26. The van der Waals surface area contributed by atoms with Crippen molar-refractivity contribution in [2.75, 3.05) is 65.9 Å². The van der Waals surface area contributed by atoms with Gasteiger partial charge in [0.25, 0.3) is 0 Å². The van der Waals surface area contributed by atoms with Crippen molar-refractivity contribution in [3.05, 3.63) is 0 Å². The summed E-state index contributed by atoms with van der Waals surface area (Å²) < 4.78 is 21.3. The number of nitrogens with two attached hydrogens (primary N) is 1. The number of ketones is 1. The SMILES string of the molecule is CCOCCOCCOCCOCCC(=O)NCCCC[C@H](CCN)C(=O)CC. The summed E-state index contributed by atoms with van der Waals surface area (Å²) in [6.07, 6.45) is 4.28. The first-order chi connectivity index (χ1) is 14.2. The number of amides is 1. The van der Waals surface area contributed by atoms with Crippen LogP contribution in [0.25, 0.3) is 0 Å². The molecule has 0 aromatic heterocycles. The van der Waals surface area contributed by atoms with Gasteiger partial charge in [-0.3, -0.25) is 9.59 Å². The van der Waals surface area contributed by atoms with Gasteiger partial charge in [0, 0.05) is 31.9 Å². The van der Waals surface area contributed by atoms with Crippen LogP contribution < -0.4 is 11.1 Å². The summed E-state index contributed by atoms with van der Waals surface area (Å²) in [5.41, 5.74) is 5.57. The first-order valence-corrected chi connectivity index (χ1v) is 11.0. The number of nitrogens with one attached hydrogen (secondary N) is 1. The van der Waals surface area contributed by atoms with E-state index >= 15 is 0 Å². The van der Waals surface area contributed by atoms with Crippen molar-refractivity contribution < 1.29 is 28.5 Å². The maximum atomic E-state index is 11.8. The standard InChI is InChI=1S/C21H42N2O6/c1-3-20(24)19(8-10-22)7-5-6-11-23-21(25)9-12-27-15-16-29-18-17-28-14-13-26-4-2/h19H,3-18,22H2,1-2H3,(H,23,25)/t19-/m1/s1. The minimum absolute atomic E-state index is 0.0169. The molecule has 0 bridgehead atoms. The molecule has 0 spiro atoms. The van der Waals surface area contributed by atoms with Crippen molar-refractivity contribution in [3.8, 4) is 0 Å². The topological polar surface area (TPSA) is 109 Å². The van der Waals surface area contributed by atoms with Crippen molar-refractivity contribution >= 4 is 11.7 Å². The Kier molecular flexibility index (Phi) is 20.9. The van der Waals surface area contributed by atoms with Gasteiger partial charge in [0.1, 0.15) is 5.78 Å². The zero-order valence-corrected chi connectivity index (χ0v) is 18.4. The zero-order valence-electron chi connectivity index (χ0n) is 18.4. The number of rotatable bonds is 22. The van der Waals surface area contributed by atoms with E-state index < -0.39 is 0 Å². The fourth-order valence-corrected chi connectivity index (χ4v) is 2.76. The first-order valence-electron chi connectivity index (χ1n) is 11.0. The van der Waals surface area contributed by atoms with Crippen LogP contribution in [0, 0.1) is 5.92 Å². The summed E-state index contributed by atoms with van der Waals surface area (Å²) in [7, 11) is 0. The summed E-state index contributed by atoms with van der Waals surface area (Å²) in [5.74, 6) is 0.337. The van der Waals surface area contributed by atoms with Gasteiger partial charge in [-0.1, -0.05) is 13.3 Å². The number of hydrogen-bond donors (Lipinski definition) is 2. The lowest BCUT2D eigenvalue weighted by atomic mass is 9.92. The van der Waals surface area contributed by atoms with Crippen LogP contribution in [-0.2, 0) is 28.5 Å². The van der Waals surface area contributed by atoms with Gasteiger partial charge in [0.2, 0.25) is 5.91 Å². The van der Waals surface area contributed by atoms with Crippen LogP contribution in [0.1, 0.15) is 52.4 Å². The molecule has 0 aliphatic rings. The maximum absolute atomic E-state index is 11.8. The molecule has 0 saturated heterocycles. The molecule has 0 heterocycles. The van der Waals surface area contributed by atoms with Crippen LogP contribution in [0.5, 0.6) is 0 Å². The van der Waals surface area contributed by atoms with E-state index in [1.807, 2.05) is 13.8 Å². The number of unbranched alkanes of at least 4 members (excludes halogenated alkanes) is 1. The Morgan fingerprint density at radius 1 is 0.828 bits per heavy atom. The number of carbonyl (C=O) groups excluding carboxylic acids is 2. The van der Waals surface area contributed by atoms with Crippen LogP contribution in [0.2, 0.25) is 0 Å². The van der Waals surface area contributed by atoms with Gasteiger partial charge in [-0.15, -0.1) is 0 Å². The molecule has 0 saturated carbocycles. The second kappa shape index (κ2) is 21.6. The lowest BCUT2D eigenvalue weighted by molar-refractivity contribution is -0.123.